The fourth-order valence-corrected chi connectivity index (χ4v) is 3.60. The predicted molar refractivity (Wildman–Crippen MR) is 108 cm³/mol. The van der Waals surface area contributed by atoms with Gasteiger partial charge in [0.2, 0.25) is 0 Å². The van der Waals surface area contributed by atoms with Gasteiger partial charge in [0.1, 0.15) is 16.5 Å². The summed E-state index contributed by atoms with van der Waals surface area (Å²) in [6.07, 6.45) is 5.05. The van der Waals surface area contributed by atoms with Gasteiger partial charge in [-0.3, -0.25) is 8.75 Å². The number of ether oxygens (including phenoxy) is 1. The number of benzene rings is 1. The Labute approximate surface area is 169 Å². The SMILES string of the molecule is CCCCc1cn(C(C)(C)C)sc1=NC(=O)c1cc(Cl)ccc1OCC#N. The molecule has 0 aliphatic heterocycles. The predicted octanol–water partition coefficient (Wildman–Crippen LogP) is 4.94. The van der Waals surface area contributed by atoms with Crippen LogP contribution in [0.1, 0.15) is 56.5 Å². The highest BCUT2D eigenvalue weighted by atomic mass is 35.5. The highest BCUT2D eigenvalue weighted by Crippen LogP contribution is 2.24. The summed E-state index contributed by atoms with van der Waals surface area (Å²) < 4.78 is 8.18. The standard InChI is InChI=1S/C20H24ClN3O2S/c1-5-6-7-14-13-24(20(2,3)4)27-19(14)23-18(25)16-12-15(21)8-9-17(16)26-11-10-22/h8-9,12-13H,5-7,11H2,1-4H3. The van der Waals surface area contributed by atoms with Crippen molar-refractivity contribution in [2.24, 2.45) is 4.99 Å². The Kier molecular flexibility index (Phi) is 7.23. The van der Waals surface area contributed by atoms with Gasteiger partial charge in [-0.05, 0) is 63.3 Å². The maximum Gasteiger partial charge on any atom is 0.282 e. The minimum Gasteiger partial charge on any atom is -0.478 e. The van der Waals surface area contributed by atoms with Crippen molar-refractivity contribution in [2.75, 3.05) is 6.61 Å². The number of nitrogens with zero attached hydrogens (tertiary/aromatic N) is 3. The molecule has 0 aliphatic carbocycles. The number of carbonyl (C=O) groups is 1. The van der Waals surface area contributed by atoms with E-state index in [2.05, 4.69) is 42.8 Å². The van der Waals surface area contributed by atoms with Crippen LogP contribution in [0.5, 0.6) is 5.75 Å². The van der Waals surface area contributed by atoms with Crippen LogP contribution in [-0.2, 0) is 12.0 Å². The first-order valence-corrected chi connectivity index (χ1v) is 10.0. The number of hydrogen-bond donors (Lipinski definition) is 0. The quantitative estimate of drug-likeness (QED) is 0.683. The summed E-state index contributed by atoms with van der Waals surface area (Å²) in [5, 5.41) is 9.15. The van der Waals surface area contributed by atoms with E-state index < -0.39 is 5.91 Å². The lowest BCUT2D eigenvalue weighted by Gasteiger charge is -2.19. The number of aryl methyl sites for hydroxylation is 1. The van der Waals surface area contributed by atoms with Crippen LogP contribution in [0.2, 0.25) is 5.02 Å². The molecule has 0 saturated carbocycles. The molecule has 27 heavy (non-hydrogen) atoms. The van der Waals surface area contributed by atoms with Crippen molar-refractivity contribution in [3.8, 4) is 11.8 Å². The van der Waals surface area contributed by atoms with Crippen molar-refractivity contribution >= 4 is 29.0 Å². The van der Waals surface area contributed by atoms with Gasteiger partial charge in [-0.15, -0.1) is 0 Å². The van der Waals surface area contributed by atoms with Crippen molar-refractivity contribution in [1.82, 2.24) is 3.96 Å². The third kappa shape index (κ3) is 5.69. The van der Waals surface area contributed by atoms with Gasteiger partial charge in [0.25, 0.3) is 5.91 Å². The van der Waals surface area contributed by atoms with Gasteiger partial charge in [-0.2, -0.15) is 10.3 Å². The first-order chi connectivity index (χ1) is 12.8. The van der Waals surface area contributed by atoms with Crippen LogP contribution < -0.4 is 9.41 Å². The number of amides is 1. The first kappa shape index (κ1) is 21.2. The number of nitriles is 1. The summed E-state index contributed by atoms with van der Waals surface area (Å²) in [7, 11) is 0. The average Bonchev–Trinajstić information content (AvgIpc) is 3.01. The molecule has 0 N–H and O–H groups in total. The normalized spacial score (nSPS) is 12.1. The third-order valence-electron chi connectivity index (χ3n) is 3.86. The van der Waals surface area contributed by atoms with Crippen LogP contribution in [0.4, 0.5) is 0 Å². The molecule has 5 nitrogen and oxygen atoms in total. The van der Waals surface area contributed by atoms with Crippen LogP contribution >= 0.6 is 23.1 Å². The van der Waals surface area contributed by atoms with E-state index in [-0.39, 0.29) is 17.7 Å². The zero-order chi connectivity index (χ0) is 20.0. The summed E-state index contributed by atoms with van der Waals surface area (Å²) in [6, 6.07) is 6.63. The van der Waals surface area contributed by atoms with Gasteiger partial charge in [0.15, 0.2) is 6.61 Å². The second-order valence-electron chi connectivity index (χ2n) is 7.16. The van der Waals surface area contributed by atoms with Crippen LogP contribution in [0.3, 0.4) is 0 Å². The highest BCUT2D eigenvalue weighted by Gasteiger charge is 2.18. The molecule has 144 valence electrons. The van der Waals surface area contributed by atoms with E-state index in [1.807, 2.05) is 6.07 Å². The molecule has 0 bridgehead atoms. The molecule has 0 fully saturated rings. The highest BCUT2D eigenvalue weighted by molar-refractivity contribution is 7.04. The minimum atomic E-state index is -0.425. The fourth-order valence-electron chi connectivity index (χ4n) is 2.39. The van der Waals surface area contributed by atoms with E-state index in [0.29, 0.717) is 15.4 Å². The van der Waals surface area contributed by atoms with Crippen molar-refractivity contribution in [1.29, 1.82) is 5.26 Å². The van der Waals surface area contributed by atoms with Crippen molar-refractivity contribution in [3.63, 3.8) is 0 Å². The molecule has 0 aliphatic rings. The molecule has 0 atom stereocenters. The lowest BCUT2D eigenvalue weighted by Crippen LogP contribution is -2.18. The maximum absolute atomic E-state index is 12.8. The Hall–Kier alpha value is -2.10. The van der Waals surface area contributed by atoms with E-state index in [0.717, 1.165) is 24.8 Å². The van der Waals surface area contributed by atoms with Crippen LogP contribution in [0, 0.1) is 11.3 Å². The average molecular weight is 406 g/mol. The second-order valence-corrected chi connectivity index (χ2v) is 8.55. The molecule has 2 rings (SSSR count). The molecular formula is C20H24ClN3O2S. The Morgan fingerprint density at radius 3 is 2.78 bits per heavy atom. The van der Waals surface area contributed by atoms with Crippen LogP contribution in [0.25, 0.3) is 0 Å². The van der Waals surface area contributed by atoms with Crippen molar-refractivity contribution in [3.05, 3.63) is 45.2 Å². The van der Waals surface area contributed by atoms with Crippen LogP contribution in [-0.4, -0.2) is 16.5 Å². The van der Waals surface area contributed by atoms with Gasteiger partial charge in [-0.1, -0.05) is 24.9 Å². The molecule has 0 spiro atoms. The molecular weight excluding hydrogens is 382 g/mol. The number of carbonyl (C=O) groups excluding carboxylic acids is 1. The zero-order valence-electron chi connectivity index (χ0n) is 16.1. The molecule has 7 heteroatoms. The number of aromatic nitrogens is 1. The number of hydrogen-bond acceptors (Lipinski definition) is 4. The zero-order valence-corrected chi connectivity index (χ0v) is 17.7. The lowest BCUT2D eigenvalue weighted by molar-refractivity contribution is 0.0995. The van der Waals surface area contributed by atoms with E-state index in [1.54, 1.807) is 12.1 Å². The largest absolute Gasteiger partial charge is 0.478 e. The smallest absolute Gasteiger partial charge is 0.282 e. The Morgan fingerprint density at radius 1 is 1.41 bits per heavy atom. The Morgan fingerprint density at radius 2 is 2.15 bits per heavy atom. The topological polar surface area (TPSA) is 67.4 Å². The van der Waals surface area contributed by atoms with Crippen molar-refractivity contribution < 1.29 is 9.53 Å². The monoisotopic (exact) mass is 405 g/mol. The van der Waals surface area contributed by atoms with Gasteiger partial charge in [0.05, 0.1) is 5.56 Å². The second kappa shape index (κ2) is 9.20. The molecule has 1 aromatic carbocycles. The van der Waals surface area contributed by atoms with Crippen molar-refractivity contribution in [2.45, 2.75) is 52.5 Å². The summed E-state index contributed by atoms with van der Waals surface area (Å²) in [5.74, 6) is -0.115. The molecule has 1 heterocycles. The molecule has 0 saturated heterocycles. The lowest BCUT2D eigenvalue weighted by atomic mass is 10.1. The van der Waals surface area contributed by atoms with Gasteiger partial charge >= 0.3 is 0 Å². The van der Waals surface area contributed by atoms with Gasteiger partial charge < -0.3 is 4.74 Å². The number of unbranched alkanes of at least 4 members (excludes halogenated alkanes) is 1. The third-order valence-corrected chi connectivity index (χ3v) is 5.47. The van der Waals surface area contributed by atoms with E-state index in [1.165, 1.54) is 17.6 Å². The summed E-state index contributed by atoms with van der Waals surface area (Å²) >= 11 is 7.52. The summed E-state index contributed by atoms with van der Waals surface area (Å²) in [6.45, 7) is 8.33. The van der Waals surface area contributed by atoms with E-state index >= 15 is 0 Å². The fraction of sp³-hybridized carbons (Fsp3) is 0.450. The Balaban J connectivity index is 2.49. The molecule has 0 unspecified atom stereocenters. The first-order valence-electron chi connectivity index (χ1n) is 8.87. The molecule has 2 aromatic rings. The molecule has 1 aromatic heterocycles. The summed E-state index contributed by atoms with van der Waals surface area (Å²) in [5.41, 5.74) is 1.24. The Bertz CT molecular complexity index is 917. The maximum atomic E-state index is 12.8. The molecule has 1 amide bonds. The molecule has 0 radical (unpaired) electrons. The minimum absolute atomic E-state index is 0.0838. The van der Waals surface area contributed by atoms with Gasteiger partial charge in [0, 0.05) is 22.3 Å². The van der Waals surface area contributed by atoms with Crippen LogP contribution in [0.15, 0.2) is 29.4 Å². The number of rotatable bonds is 6. The number of halogens is 1. The summed E-state index contributed by atoms with van der Waals surface area (Å²) in [4.78, 5) is 17.2. The van der Waals surface area contributed by atoms with Gasteiger partial charge in [-0.25, -0.2) is 0 Å². The van der Waals surface area contributed by atoms with E-state index in [4.69, 9.17) is 21.6 Å². The van der Waals surface area contributed by atoms with E-state index in [9.17, 15) is 4.79 Å².